The molecule has 1 heteroatoms. The highest BCUT2D eigenvalue weighted by Gasteiger charge is 2.26. The Morgan fingerprint density at radius 1 is 1.25 bits per heavy atom. The SMILES string of the molecule is CC1CCCc2ccc(C(C)(C)C)c(O)c21. The van der Waals surface area contributed by atoms with E-state index in [-0.39, 0.29) is 5.41 Å². The Bertz CT molecular complexity index is 399. The topological polar surface area (TPSA) is 20.2 Å². The van der Waals surface area contributed by atoms with E-state index in [1.165, 1.54) is 24.0 Å². The van der Waals surface area contributed by atoms with Crippen LogP contribution >= 0.6 is 0 Å². The van der Waals surface area contributed by atoms with Gasteiger partial charge in [0, 0.05) is 5.56 Å². The molecule has 1 aromatic rings. The smallest absolute Gasteiger partial charge is 0.123 e. The van der Waals surface area contributed by atoms with Crippen molar-refractivity contribution in [2.75, 3.05) is 0 Å². The molecule has 1 nitrogen and oxygen atoms in total. The summed E-state index contributed by atoms with van der Waals surface area (Å²) >= 11 is 0. The van der Waals surface area contributed by atoms with Gasteiger partial charge in [-0.2, -0.15) is 0 Å². The maximum atomic E-state index is 10.4. The van der Waals surface area contributed by atoms with Crippen LogP contribution in [0.25, 0.3) is 0 Å². The zero-order chi connectivity index (χ0) is 11.9. The molecule has 1 N–H and O–H groups in total. The van der Waals surface area contributed by atoms with E-state index >= 15 is 0 Å². The summed E-state index contributed by atoms with van der Waals surface area (Å²) in [5, 5.41) is 10.4. The van der Waals surface area contributed by atoms with Gasteiger partial charge in [0.05, 0.1) is 0 Å². The molecule has 0 heterocycles. The van der Waals surface area contributed by atoms with Crippen molar-refractivity contribution in [2.45, 2.75) is 58.3 Å². The number of benzene rings is 1. The summed E-state index contributed by atoms with van der Waals surface area (Å²) in [4.78, 5) is 0. The van der Waals surface area contributed by atoms with E-state index in [9.17, 15) is 5.11 Å². The maximum absolute atomic E-state index is 10.4. The zero-order valence-corrected chi connectivity index (χ0v) is 10.8. The fourth-order valence-corrected chi connectivity index (χ4v) is 2.77. The molecular formula is C15H22O. The van der Waals surface area contributed by atoms with Gasteiger partial charge in [0.2, 0.25) is 0 Å². The average molecular weight is 218 g/mol. The van der Waals surface area contributed by atoms with Crippen LogP contribution in [0.2, 0.25) is 0 Å². The van der Waals surface area contributed by atoms with Crippen molar-refractivity contribution in [1.29, 1.82) is 0 Å². The fraction of sp³-hybridized carbons (Fsp3) is 0.600. The Kier molecular flexibility index (Phi) is 2.73. The molecule has 0 saturated heterocycles. The number of aromatic hydroxyl groups is 1. The van der Waals surface area contributed by atoms with E-state index in [0.717, 1.165) is 12.0 Å². The molecule has 1 unspecified atom stereocenters. The monoisotopic (exact) mass is 218 g/mol. The van der Waals surface area contributed by atoms with Crippen LogP contribution in [-0.2, 0) is 11.8 Å². The molecule has 0 amide bonds. The molecule has 0 aromatic heterocycles. The molecule has 2 rings (SSSR count). The third-order valence-electron chi connectivity index (χ3n) is 3.69. The van der Waals surface area contributed by atoms with Crippen molar-refractivity contribution >= 4 is 0 Å². The van der Waals surface area contributed by atoms with Gasteiger partial charge < -0.3 is 5.11 Å². The van der Waals surface area contributed by atoms with Crippen molar-refractivity contribution in [2.24, 2.45) is 0 Å². The quantitative estimate of drug-likeness (QED) is 0.694. The van der Waals surface area contributed by atoms with Crippen LogP contribution in [0.4, 0.5) is 0 Å². The van der Waals surface area contributed by atoms with Crippen LogP contribution in [0, 0.1) is 0 Å². The average Bonchev–Trinajstić information content (AvgIpc) is 2.16. The van der Waals surface area contributed by atoms with Gasteiger partial charge in [-0.3, -0.25) is 0 Å². The lowest BCUT2D eigenvalue weighted by Crippen LogP contribution is -2.15. The summed E-state index contributed by atoms with van der Waals surface area (Å²) in [5.41, 5.74) is 3.67. The van der Waals surface area contributed by atoms with Crippen LogP contribution in [0.15, 0.2) is 12.1 Å². The van der Waals surface area contributed by atoms with E-state index in [1.54, 1.807) is 0 Å². The predicted molar refractivity (Wildman–Crippen MR) is 68.2 cm³/mol. The number of phenolic OH excluding ortho intramolecular Hbond substituents is 1. The molecule has 88 valence electrons. The third-order valence-corrected chi connectivity index (χ3v) is 3.69. The molecule has 0 spiro atoms. The Balaban J connectivity index is 2.58. The Hall–Kier alpha value is -0.980. The summed E-state index contributed by atoms with van der Waals surface area (Å²) in [5.74, 6) is 1.06. The standard InChI is InChI=1S/C15H22O/c1-10-6-5-7-11-8-9-12(15(2,3)4)14(16)13(10)11/h8-10,16H,5-7H2,1-4H3. The minimum Gasteiger partial charge on any atom is -0.507 e. The van der Waals surface area contributed by atoms with Gasteiger partial charge in [-0.15, -0.1) is 0 Å². The molecular weight excluding hydrogens is 196 g/mol. The van der Waals surface area contributed by atoms with Gasteiger partial charge in [-0.25, -0.2) is 0 Å². The highest BCUT2D eigenvalue weighted by molar-refractivity contribution is 5.50. The normalized spacial score (nSPS) is 20.6. The van der Waals surface area contributed by atoms with E-state index in [2.05, 4.69) is 39.8 Å². The number of phenols is 1. The first-order valence-electron chi connectivity index (χ1n) is 6.26. The second-order valence-corrected chi connectivity index (χ2v) is 6.08. The lowest BCUT2D eigenvalue weighted by Gasteiger charge is -2.28. The lowest BCUT2D eigenvalue weighted by atomic mass is 9.78. The lowest BCUT2D eigenvalue weighted by molar-refractivity contribution is 0.426. The molecule has 0 saturated carbocycles. The number of aryl methyl sites for hydroxylation is 1. The van der Waals surface area contributed by atoms with Gasteiger partial charge in [0.25, 0.3) is 0 Å². The molecule has 0 fully saturated rings. The van der Waals surface area contributed by atoms with Gasteiger partial charge in [-0.05, 0) is 41.7 Å². The summed E-state index contributed by atoms with van der Waals surface area (Å²) in [6, 6.07) is 4.32. The van der Waals surface area contributed by atoms with Crippen molar-refractivity contribution in [3.05, 3.63) is 28.8 Å². The number of rotatable bonds is 0. The largest absolute Gasteiger partial charge is 0.507 e. The molecule has 1 aliphatic rings. The van der Waals surface area contributed by atoms with Crippen LogP contribution < -0.4 is 0 Å². The van der Waals surface area contributed by atoms with Gasteiger partial charge in [0.1, 0.15) is 5.75 Å². The van der Waals surface area contributed by atoms with E-state index < -0.39 is 0 Å². The molecule has 1 aromatic carbocycles. The Morgan fingerprint density at radius 2 is 1.94 bits per heavy atom. The Morgan fingerprint density at radius 3 is 2.56 bits per heavy atom. The van der Waals surface area contributed by atoms with Crippen molar-refractivity contribution in [3.63, 3.8) is 0 Å². The first kappa shape index (κ1) is 11.5. The number of hydrogen-bond donors (Lipinski definition) is 1. The zero-order valence-electron chi connectivity index (χ0n) is 10.8. The minimum atomic E-state index is 0.0241. The summed E-state index contributed by atoms with van der Waals surface area (Å²) < 4.78 is 0. The Labute approximate surface area is 98.5 Å². The second kappa shape index (κ2) is 3.80. The summed E-state index contributed by atoms with van der Waals surface area (Å²) in [7, 11) is 0. The van der Waals surface area contributed by atoms with Crippen LogP contribution in [0.3, 0.4) is 0 Å². The van der Waals surface area contributed by atoms with E-state index in [0.29, 0.717) is 11.7 Å². The maximum Gasteiger partial charge on any atom is 0.123 e. The molecule has 0 bridgehead atoms. The molecule has 1 atom stereocenters. The second-order valence-electron chi connectivity index (χ2n) is 6.08. The molecule has 16 heavy (non-hydrogen) atoms. The van der Waals surface area contributed by atoms with Crippen molar-refractivity contribution in [1.82, 2.24) is 0 Å². The highest BCUT2D eigenvalue weighted by Crippen LogP contribution is 2.42. The van der Waals surface area contributed by atoms with E-state index in [1.807, 2.05) is 0 Å². The minimum absolute atomic E-state index is 0.0241. The number of hydrogen-bond acceptors (Lipinski definition) is 1. The summed E-state index contributed by atoms with van der Waals surface area (Å²) in [6.07, 6.45) is 3.58. The van der Waals surface area contributed by atoms with Crippen LogP contribution in [-0.4, -0.2) is 5.11 Å². The van der Waals surface area contributed by atoms with E-state index in [4.69, 9.17) is 0 Å². The molecule has 0 aliphatic heterocycles. The third kappa shape index (κ3) is 1.83. The summed E-state index contributed by atoms with van der Waals surface area (Å²) in [6.45, 7) is 8.69. The van der Waals surface area contributed by atoms with Gasteiger partial charge in [-0.1, -0.05) is 39.8 Å². The van der Waals surface area contributed by atoms with Crippen LogP contribution in [0.5, 0.6) is 5.75 Å². The fourth-order valence-electron chi connectivity index (χ4n) is 2.77. The first-order valence-corrected chi connectivity index (χ1v) is 6.26. The van der Waals surface area contributed by atoms with Gasteiger partial charge in [0.15, 0.2) is 0 Å². The number of fused-ring (bicyclic) bond motifs is 1. The van der Waals surface area contributed by atoms with Gasteiger partial charge >= 0.3 is 0 Å². The molecule has 1 aliphatic carbocycles. The van der Waals surface area contributed by atoms with Crippen LogP contribution in [0.1, 0.15) is 63.1 Å². The molecule has 0 radical (unpaired) electrons. The predicted octanol–water partition coefficient (Wildman–Crippen LogP) is 4.13. The highest BCUT2D eigenvalue weighted by atomic mass is 16.3. The first-order chi connectivity index (χ1) is 7.41. The van der Waals surface area contributed by atoms with Crippen molar-refractivity contribution < 1.29 is 5.11 Å². The van der Waals surface area contributed by atoms with Crippen molar-refractivity contribution in [3.8, 4) is 5.75 Å².